The van der Waals surface area contributed by atoms with Crippen molar-refractivity contribution in [1.29, 1.82) is 0 Å². The molecule has 10 nitrogen and oxygen atoms in total. The van der Waals surface area contributed by atoms with Crippen LogP contribution in [0.25, 0.3) is 0 Å². The summed E-state index contributed by atoms with van der Waals surface area (Å²) in [6, 6.07) is -3.61. The molecule has 0 bridgehead atoms. The molecule has 0 saturated carbocycles. The van der Waals surface area contributed by atoms with E-state index in [1.54, 1.807) is 20.8 Å². The van der Waals surface area contributed by atoms with E-state index in [1.807, 2.05) is 13.2 Å². The highest BCUT2D eigenvalue weighted by Crippen LogP contribution is 2.11. The number of unbranched alkanes of at least 4 members (excludes halogenated alkanes) is 1. The highest BCUT2D eigenvalue weighted by Gasteiger charge is 2.33. The maximum absolute atomic E-state index is 13.0. The molecular weight excluding hydrogens is 446 g/mol. The summed E-state index contributed by atoms with van der Waals surface area (Å²) in [5, 5.41) is 17.4. The van der Waals surface area contributed by atoms with Gasteiger partial charge in [-0.05, 0) is 49.7 Å². The van der Waals surface area contributed by atoms with E-state index < -0.39 is 47.9 Å². The van der Waals surface area contributed by atoms with E-state index in [4.69, 9.17) is 11.5 Å². The van der Waals surface area contributed by atoms with Crippen molar-refractivity contribution < 1.29 is 24.3 Å². The molecule has 5 atom stereocenters. The van der Waals surface area contributed by atoms with Gasteiger partial charge in [-0.1, -0.05) is 40.5 Å². The molecule has 0 heterocycles. The normalized spacial score (nSPS) is 15.8. The monoisotopic (exact) mass is 489 g/mol. The molecule has 0 rings (SSSR count). The van der Waals surface area contributed by atoms with Crippen LogP contribution >= 0.6 is 11.8 Å². The number of carboxylic acids is 1. The molecular formula is C22H43N5O5S. The SMILES string of the molecule is CCC(C)C(NC(=O)C(NC(=O)C(CCSC)NC(=O)C(N)CCCCN)C(C)C)C(=O)O. The third-order valence-corrected chi connectivity index (χ3v) is 6.22. The molecule has 0 aliphatic carbocycles. The van der Waals surface area contributed by atoms with Crippen LogP contribution in [0.5, 0.6) is 0 Å². The summed E-state index contributed by atoms with van der Waals surface area (Å²) in [5.41, 5.74) is 11.4. The lowest BCUT2D eigenvalue weighted by Gasteiger charge is -2.28. The summed E-state index contributed by atoms with van der Waals surface area (Å²) in [7, 11) is 0. The van der Waals surface area contributed by atoms with E-state index in [-0.39, 0.29) is 11.8 Å². The van der Waals surface area contributed by atoms with E-state index >= 15 is 0 Å². The summed E-state index contributed by atoms with van der Waals surface area (Å²) in [6.45, 7) is 7.62. The Morgan fingerprint density at radius 3 is 2.00 bits per heavy atom. The molecule has 0 aromatic carbocycles. The fraction of sp³-hybridized carbons (Fsp3) is 0.818. The van der Waals surface area contributed by atoms with Crippen LogP contribution in [0.4, 0.5) is 0 Å². The maximum Gasteiger partial charge on any atom is 0.326 e. The van der Waals surface area contributed by atoms with Crippen molar-refractivity contribution >= 4 is 35.5 Å². The van der Waals surface area contributed by atoms with Crippen LogP contribution in [0.2, 0.25) is 0 Å². The van der Waals surface area contributed by atoms with Crippen LogP contribution in [0.1, 0.15) is 59.8 Å². The smallest absolute Gasteiger partial charge is 0.326 e. The summed E-state index contributed by atoms with van der Waals surface area (Å²) >= 11 is 1.53. The third-order valence-electron chi connectivity index (χ3n) is 5.57. The minimum atomic E-state index is -1.12. The molecule has 0 aromatic rings. The third kappa shape index (κ3) is 11.7. The Balaban J connectivity index is 5.34. The van der Waals surface area contributed by atoms with E-state index in [1.165, 1.54) is 11.8 Å². The van der Waals surface area contributed by atoms with Crippen LogP contribution in [0.3, 0.4) is 0 Å². The molecule has 0 saturated heterocycles. The number of thioether (sulfide) groups is 1. The lowest BCUT2D eigenvalue weighted by molar-refractivity contribution is -0.144. The van der Waals surface area contributed by atoms with Crippen LogP contribution in [-0.2, 0) is 19.2 Å². The zero-order chi connectivity index (χ0) is 25.6. The van der Waals surface area contributed by atoms with Gasteiger partial charge in [-0.15, -0.1) is 0 Å². The first-order valence-electron chi connectivity index (χ1n) is 11.6. The molecule has 8 N–H and O–H groups in total. The predicted molar refractivity (Wildman–Crippen MR) is 132 cm³/mol. The molecule has 0 aliphatic heterocycles. The Kier molecular flexibility index (Phi) is 15.8. The van der Waals surface area contributed by atoms with Crippen molar-refractivity contribution in [2.24, 2.45) is 23.3 Å². The van der Waals surface area contributed by atoms with Gasteiger partial charge in [-0.25, -0.2) is 4.79 Å². The highest BCUT2D eigenvalue weighted by atomic mass is 32.2. The van der Waals surface area contributed by atoms with Crippen molar-refractivity contribution in [3.63, 3.8) is 0 Å². The Hall–Kier alpha value is -1.85. The van der Waals surface area contributed by atoms with E-state index in [2.05, 4.69) is 16.0 Å². The number of carboxylic acid groups (broad SMARTS) is 1. The molecule has 0 radical (unpaired) electrons. The lowest BCUT2D eigenvalue weighted by Crippen LogP contribution is -2.59. The van der Waals surface area contributed by atoms with Gasteiger partial charge in [0.1, 0.15) is 18.1 Å². The van der Waals surface area contributed by atoms with Gasteiger partial charge in [-0.3, -0.25) is 14.4 Å². The first kappa shape index (κ1) is 31.1. The summed E-state index contributed by atoms with van der Waals surface area (Å²) in [6.07, 6.45) is 4.76. The molecule has 192 valence electrons. The number of aliphatic carboxylic acids is 1. The van der Waals surface area contributed by atoms with Gasteiger partial charge in [0.25, 0.3) is 0 Å². The number of nitrogens with one attached hydrogen (secondary N) is 3. The van der Waals surface area contributed by atoms with Gasteiger partial charge in [0.05, 0.1) is 6.04 Å². The molecule has 0 fully saturated rings. The van der Waals surface area contributed by atoms with Gasteiger partial charge in [0.2, 0.25) is 17.7 Å². The minimum Gasteiger partial charge on any atom is -0.480 e. The quantitative estimate of drug-likeness (QED) is 0.159. The van der Waals surface area contributed by atoms with Crippen molar-refractivity contribution in [1.82, 2.24) is 16.0 Å². The number of carbonyl (C=O) groups is 4. The zero-order valence-electron chi connectivity index (χ0n) is 20.6. The molecule has 3 amide bonds. The number of nitrogens with two attached hydrogens (primary N) is 2. The Labute approximate surface area is 201 Å². The zero-order valence-corrected chi connectivity index (χ0v) is 21.4. The van der Waals surface area contributed by atoms with Gasteiger partial charge >= 0.3 is 5.97 Å². The molecule has 5 unspecified atom stereocenters. The standard InChI is InChI=1S/C22H43N5O5S/c1-6-14(4)18(22(31)32)27-21(30)17(13(2)3)26-20(29)16(10-12-33-5)25-19(28)15(24)9-7-8-11-23/h13-18H,6-12,23-24H2,1-5H3,(H,25,28)(H,26,29)(H,27,30)(H,31,32). The van der Waals surface area contributed by atoms with E-state index in [0.717, 1.165) is 6.42 Å². The number of rotatable bonds is 17. The second-order valence-electron chi connectivity index (χ2n) is 8.67. The Morgan fingerprint density at radius 2 is 1.52 bits per heavy atom. The fourth-order valence-electron chi connectivity index (χ4n) is 3.14. The topological polar surface area (TPSA) is 177 Å². The Morgan fingerprint density at radius 1 is 0.909 bits per heavy atom. The second kappa shape index (κ2) is 16.7. The predicted octanol–water partition coefficient (Wildman–Crippen LogP) is 0.437. The number of hydrogen-bond donors (Lipinski definition) is 6. The van der Waals surface area contributed by atoms with Gasteiger partial charge < -0.3 is 32.5 Å². The maximum atomic E-state index is 13.0. The molecule has 0 spiro atoms. The lowest BCUT2D eigenvalue weighted by atomic mass is 9.97. The van der Waals surface area contributed by atoms with Crippen molar-refractivity contribution in [3.8, 4) is 0 Å². The van der Waals surface area contributed by atoms with Crippen molar-refractivity contribution in [2.45, 2.75) is 84.0 Å². The Bertz CT molecular complexity index is 634. The average Bonchev–Trinajstić information content (AvgIpc) is 2.76. The second-order valence-corrected chi connectivity index (χ2v) is 9.66. The summed E-state index contributed by atoms with van der Waals surface area (Å²) in [4.78, 5) is 49.9. The minimum absolute atomic E-state index is 0.274. The molecule has 11 heteroatoms. The molecule has 0 aliphatic rings. The largest absolute Gasteiger partial charge is 0.480 e. The molecule has 33 heavy (non-hydrogen) atoms. The van der Waals surface area contributed by atoms with Crippen molar-refractivity contribution in [3.05, 3.63) is 0 Å². The summed E-state index contributed by atoms with van der Waals surface area (Å²) in [5.74, 6) is -2.58. The first-order valence-corrected chi connectivity index (χ1v) is 13.0. The number of amides is 3. The van der Waals surface area contributed by atoms with Gasteiger partial charge in [0.15, 0.2) is 0 Å². The van der Waals surface area contributed by atoms with Crippen LogP contribution in [-0.4, -0.2) is 71.5 Å². The summed E-state index contributed by atoms with van der Waals surface area (Å²) < 4.78 is 0. The van der Waals surface area contributed by atoms with E-state index in [0.29, 0.717) is 38.0 Å². The number of hydrogen-bond acceptors (Lipinski definition) is 7. The van der Waals surface area contributed by atoms with E-state index in [9.17, 15) is 24.3 Å². The van der Waals surface area contributed by atoms with Crippen LogP contribution in [0.15, 0.2) is 0 Å². The fourth-order valence-corrected chi connectivity index (χ4v) is 3.61. The highest BCUT2D eigenvalue weighted by molar-refractivity contribution is 7.98. The van der Waals surface area contributed by atoms with Gasteiger partial charge in [-0.2, -0.15) is 11.8 Å². The average molecular weight is 490 g/mol. The van der Waals surface area contributed by atoms with Gasteiger partial charge in [0, 0.05) is 0 Å². The van der Waals surface area contributed by atoms with Crippen molar-refractivity contribution in [2.75, 3.05) is 18.6 Å². The van der Waals surface area contributed by atoms with Crippen LogP contribution < -0.4 is 27.4 Å². The number of carbonyl (C=O) groups excluding carboxylic acids is 3. The first-order chi connectivity index (χ1) is 15.5. The molecule has 0 aromatic heterocycles. The van der Waals surface area contributed by atoms with Crippen LogP contribution in [0, 0.1) is 11.8 Å².